The largest absolute Gasteiger partial charge is 0.490 e. The summed E-state index contributed by atoms with van der Waals surface area (Å²) in [6.45, 7) is 3.27. The van der Waals surface area contributed by atoms with Crippen LogP contribution in [0.15, 0.2) is 30.3 Å². The Morgan fingerprint density at radius 3 is 2.68 bits per heavy atom. The van der Waals surface area contributed by atoms with Crippen LogP contribution in [-0.2, 0) is 19.1 Å². The summed E-state index contributed by atoms with van der Waals surface area (Å²) >= 11 is 0. The van der Waals surface area contributed by atoms with Crippen molar-refractivity contribution in [2.45, 2.75) is 51.5 Å². The molecule has 0 spiro atoms. The van der Waals surface area contributed by atoms with Crippen molar-refractivity contribution in [3.63, 3.8) is 0 Å². The van der Waals surface area contributed by atoms with Gasteiger partial charge in [-0.15, -0.1) is 0 Å². The zero-order valence-electron chi connectivity index (χ0n) is 16.5. The Kier molecular flexibility index (Phi) is 9.31. The Hall–Kier alpha value is -2.57. The second-order valence-electron chi connectivity index (χ2n) is 6.79. The molecule has 1 heterocycles. The number of amides is 2. The molecule has 7 nitrogen and oxygen atoms in total. The first-order valence-electron chi connectivity index (χ1n) is 10.0. The Labute approximate surface area is 166 Å². The normalized spacial score (nSPS) is 16.4. The van der Waals surface area contributed by atoms with Gasteiger partial charge >= 0.3 is 5.97 Å². The SMILES string of the molecule is CCCCCCC(=O)N1CCNC(=O)C1CC(=O)OCCOc1ccccc1. The average molecular weight is 390 g/mol. The van der Waals surface area contributed by atoms with Gasteiger partial charge in [0.15, 0.2) is 0 Å². The third-order valence-corrected chi connectivity index (χ3v) is 4.61. The molecule has 1 N–H and O–H groups in total. The number of ether oxygens (including phenoxy) is 2. The third-order valence-electron chi connectivity index (χ3n) is 4.61. The predicted molar refractivity (Wildman–Crippen MR) is 105 cm³/mol. The molecule has 1 aromatic rings. The molecule has 1 fully saturated rings. The van der Waals surface area contributed by atoms with Gasteiger partial charge in [0.1, 0.15) is 25.0 Å². The van der Waals surface area contributed by atoms with Crippen molar-refractivity contribution in [2.24, 2.45) is 0 Å². The molecule has 1 atom stereocenters. The molecule has 1 aliphatic rings. The van der Waals surface area contributed by atoms with E-state index in [1.54, 1.807) is 0 Å². The van der Waals surface area contributed by atoms with Gasteiger partial charge in [0.05, 0.1) is 6.42 Å². The summed E-state index contributed by atoms with van der Waals surface area (Å²) in [6.07, 6.45) is 4.26. The van der Waals surface area contributed by atoms with Crippen LogP contribution in [0.1, 0.15) is 45.4 Å². The van der Waals surface area contributed by atoms with Gasteiger partial charge in [-0.05, 0) is 18.6 Å². The highest BCUT2D eigenvalue weighted by molar-refractivity contribution is 5.91. The summed E-state index contributed by atoms with van der Waals surface area (Å²) < 4.78 is 10.6. The lowest BCUT2D eigenvalue weighted by Gasteiger charge is -2.34. The zero-order chi connectivity index (χ0) is 20.2. The maximum absolute atomic E-state index is 12.5. The highest BCUT2D eigenvalue weighted by Gasteiger charge is 2.34. The van der Waals surface area contributed by atoms with Crippen LogP contribution in [0.3, 0.4) is 0 Å². The molecule has 2 rings (SSSR count). The first kappa shape index (κ1) is 21.7. The van der Waals surface area contributed by atoms with Gasteiger partial charge < -0.3 is 19.7 Å². The molecule has 1 saturated heterocycles. The lowest BCUT2D eigenvalue weighted by molar-refractivity contribution is -0.152. The summed E-state index contributed by atoms with van der Waals surface area (Å²) in [5.74, 6) is -0.186. The topological polar surface area (TPSA) is 84.9 Å². The fourth-order valence-electron chi connectivity index (χ4n) is 3.11. The fourth-order valence-corrected chi connectivity index (χ4v) is 3.11. The molecule has 1 aromatic carbocycles. The number of para-hydroxylation sites is 1. The maximum atomic E-state index is 12.5. The van der Waals surface area contributed by atoms with Crippen molar-refractivity contribution in [1.29, 1.82) is 0 Å². The standard InChI is InChI=1S/C21H30N2O5/c1-2-3-4-8-11-19(24)23-13-12-22-21(26)18(23)16-20(25)28-15-14-27-17-9-6-5-7-10-17/h5-7,9-10,18H,2-4,8,11-16H2,1H3,(H,22,26). The van der Waals surface area contributed by atoms with Gasteiger partial charge in [-0.2, -0.15) is 0 Å². The van der Waals surface area contributed by atoms with Crippen molar-refractivity contribution >= 4 is 17.8 Å². The summed E-state index contributed by atoms with van der Waals surface area (Å²) in [7, 11) is 0. The van der Waals surface area contributed by atoms with E-state index in [1.807, 2.05) is 30.3 Å². The minimum atomic E-state index is -0.796. The number of esters is 1. The summed E-state index contributed by atoms with van der Waals surface area (Å²) in [5.41, 5.74) is 0. The van der Waals surface area contributed by atoms with Gasteiger partial charge in [0, 0.05) is 19.5 Å². The van der Waals surface area contributed by atoms with E-state index in [0.29, 0.717) is 25.3 Å². The smallest absolute Gasteiger partial charge is 0.308 e. The molecule has 0 aliphatic carbocycles. The van der Waals surface area contributed by atoms with Gasteiger partial charge in [-0.3, -0.25) is 14.4 Å². The van der Waals surface area contributed by atoms with Crippen LogP contribution >= 0.6 is 0 Å². The van der Waals surface area contributed by atoms with Crippen molar-refractivity contribution in [3.8, 4) is 5.75 Å². The lowest BCUT2D eigenvalue weighted by Crippen LogP contribution is -2.57. The Balaban J connectivity index is 1.76. The van der Waals surface area contributed by atoms with Crippen LogP contribution in [0.5, 0.6) is 5.75 Å². The Morgan fingerprint density at radius 1 is 1.14 bits per heavy atom. The summed E-state index contributed by atoms with van der Waals surface area (Å²) in [5, 5.41) is 2.72. The van der Waals surface area contributed by atoms with E-state index in [4.69, 9.17) is 9.47 Å². The van der Waals surface area contributed by atoms with E-state index >= 15 is 0 Å². The van der Waals surface area contributed by atoms with E-state index in [9.17, 15) is 14.4 Å². The Bertz CT molecular complexity index is 635. The molecule has 1 aliphatic heterocycles. The third kappa shape index (κ3) is 7.21. The van der Waals surface area contributed by atoms with Crippen LogP contribution < -0.4 is 10.1 Å². The number of rotatable bonds is 11. The number of hydrogen-bond acceptors (Lipinski definition) is 5. The van der Waals surface area contributed by atoms with Gasteiger partial charge in [0.25, 0.3) is 0 Å². The number of piperazine rings is 1. The summed E-state index contributed by atoms with van der Waals surface area (Å²) in [6, 6.07) is 8.44. The number of carbonyl (C=O) groups is 3. The molecule has 0 aromatic heterocycles. The molecule has 28 heavy (non-hydrogen) atoms. The number of carbonyl (C=O) groups excluding carboxylic acids is 3. The molecule has 0 bridgehead atoms. The van der Waals surface area contributed by atoms with Crippen LogP contribution in [0.2, 0.25) is 0 Å². The highest BCUT2D eigenvalue weighted by Crippen LogP contribution is 2.14. The van der Waals surface area contributed by atoms with Crippen molar-refractivity contribution in [1.82, 2.24) is 10.2 Å². The van der Waals surface area contributed by atoms with Crippen LogP contribution in [0.4, 0.5) is 0 Å². The molecular weight excluding hydrogens is 360 g/mol. The van der Waals surface area contributed by atoms with Crippen LogP contribution in [0.25, 0.3) is 0 Å². The molecule has 0 radical (unpaired) electrons. The van der Waals surface area contributed by atoms with E-state index in [0.717, 1.165) is 25.7 Å². The number of nitrogens with zero attached hydrogens (tertiary/aromatic N) is 1. The fraction of sp³-hybridized carbons (Fsp3) is 0.571. The lowest BCUT2D eigenvalue weighted by atomic mass is 10.1. The first-order chi connectivity index (χ1) is 13.6. The predicted octanol–water partition coefficient (Wildman–Crippen LogP) is 2.30. The minimum Gasteiger partial charge on any atom is -0.490 e. The van der Waals surface area contributed by atoms with Gasteiger partial charge in [-0.25, -0.2) is 0 Å². The molecule has 2 amide bonds. The Morgan fingerprint density at radius 2 is 1.93 bits per heavy atom. The monoisotopic (exact) mass is 390 g/mol. The zero-order valence-corrected chi connectivity index (χ0v) is 16.5. The van der Waals surface area contributed by atoms with Crippen LogP contribution in [0, 0.1) is 0 Å². The van der Waals surface area contributed by atoms with Crippen molar-refractivity contribution in [2.75, 3.05) is 26.3 Å². The van der Waals surface area contributed by atoms with Gasteiger partial charge in [0.2, 0.25) is 11.8 Å². The van der Waals surface area contributed by atoms with Gasteiger partial charge in [-0.1, -0.05) is 44.4 Å². The van der Waals surface area contributed by atoms with Crippen LogP contribution in [-0.4, -0.2) is 55.0 Å². The van der Waals surface area contributed by atoms with E-state index < -0.39 is 12.0 Å². The minimum absolute atomic E-state index is 0.0730. The van der Waals surface area contributed by atoms with E-state index in [-0.39, 0.29) is 31.4 Å². The molecule has 7 heteroatoms. The van der Waals surface area contributed by atoms with Crippen molar-refractivity contribution in [3.05, 3.63) is 30.3 Å². The number of nitrogens with one attached hydrogen (secondary N) is 1. The molecule has 154 valence electrons. The van der Waals surface area contributed by atoms with E-state index in [1.165, 1.54) is 4.90 Å². The first-order valence-corrected chi connectivity index (χ1v) is 10.0. The van der Waals surface area contributed by atoms with E-state index in [2.05, 4.69) is 12.2 Å². The number of hydrogen-bond donors (Lipinski definition) is 1. The number of unbranched alkanes of at least 4 members (excludes halogenated alkanes) is 3. The highest BCUT2D eigenvalue weighted by atomic mass is 16.6. The number of benzene rings is 1. The second kappa shape index (κ2) is 12.0. The molecule has 1 unspecified atom stereocenters. The second-order valence-corrected chi connectivity index (χ2v) is 6.79. The average Bonchev–Trinajstić information content (AvgIpc) is 2.71. The quantitative estimate of drug-likeness (QED) is 0.463. The molecular formula is C21H30N2O5. The summed E-state index contributed by atoms with van der Waals surface area (Å²) in [4.78, 5) is 38.3. The van der Waals surface area contributed by atoms with Crippen molar-refractivity contribution < 1.29 is 23.9 Å². The molecule has 0 saturated carbocycles. The maximum Gasteiger partial charge on any atom is 0.308 e.